The summed E-state index contributed by atoms with van der Waals surface area (Å²) in [6, 6.07) is 0. The van der Waals surface area contributed by atoms with Gasteiger partial charge in [-0.3, -0.25) is 14.4 Å². The van der Waals surface area contributed by atoms with Crippen molar-refractivity contribution in [1.82, 2.24) is 0 Å². The lowest BCUT2D eigenvalue weighted by Crippen LogP contribution is -2.30. The highest BCUT2D eigenvalue weighted by Gasteiger charge is 2.19. The number of ether oxygens (including phenoxy) is 3. The highest BCUT2D eigenvalue weighted by Crippen LogP contribution is 2.14. The normalized spacial score (nSPS) is 13.3. The van der Waals surface area contributed by atoms with Crippen LogP contribution in [0.4, 0.5) is 0 Å². The molecule has 0 amide bonds. The monoisotopic (exact) mass is 1140 g/mol. The third-order valence-corrected chi connectivity index (χ3v) is 13.4. The van der Waals surface area contributed by atoms with Crippen LogP contribution in [0.2, 0.25) is 0 Å². The predicted octanol–water partition coefficient (Wildman–Crippen LogP) is 23.2. The standard InChI is InChI=1S/C77H120O6/c1-4-7-10-13-15-17-19-21-23-25-27-29-31-33-34-35-36-37-38-39-40-41-42-44-45-47-49-51-53-55-57-59-61-64-67-70-76(79)82-73-74(72-81-75(78)69-66-63-12-9-6-3)83-77(80)71-68-65-62-60-58-56-54-52-50-48-46-43-32-30-28-26-24-22-20-18-16-14-11-8-5-2/h7-8,10-11,15-18,21-24,27-30,33-34,36-37,39-40,42-44,46-47,49-50,52,74H,4-6,9,12-14,19-20,25-26,31-32,35,38,41,45,48,51,53-73H2,1-3H3/b10-7-,11-8-,17-15-,18-16-,23-21-,24-22-,29-27-,30-28-,34-33-,37-36-,40-39-,44-42-,46-43-,49-47-,52-50-. The van der Waals surface area contributed by atoms with Gasteiger partial charge in [0.1, 0.15) is 13.2 Å². The number of unbranched alkanes of at least 4 members (excludes halogenated alkanes) is 17. The van der Waals surface area contributed by atoms with E-state index in [0.717, 1.165) is 186 Å². The first-order valence-corrected chi connectivity index (χ1v) is 33.3. The molecule has 0 spiro atoms. The first kappa shape index (κ1) is 77.5. The summed E-state index contributed by atoms with van der Waals surface area (Å²) in [5.74, 6) is -0.943. The molecule has 0 aromatic carbocycles. The molecule has 0 heterocycles. The molecule has 0 radical (unpaired) electrons. The fourth-order valence-corrected chi connectivity index (χ4v) is 8.50. The van der Waals surface area contributed by atoms with Crippen LogP contribution in [0.1, 0.15) is 265 Å². The lowest BCUT2D eigenvalue weighted by atomic mass is 10.1. The number of carbonyl (C=O) groups excluding carboxylic acids is 3. The van der Waals surface area contributed by atoms with Crippen LogP contribution in [0, 0.1) is 0 Å². The number of rotatable bonds is 58. The van der Waals surface area contributed by atoms with Gasteiger partial charge in [-0.25, -0.2) is 0 Å². The Morgan fingerprint density at radius 3 is 0.735 bits per heavy atom. The third-order valence-electron chi connectivity index (χ3n) is 13.4. The maximum absolute atomic E-state index is 12.8. The minimum Gasteiger partial charge on any atom is -0.462 e. The van der Waals surface area contributed by atoms with E-state index >= 15 is 0 Å². The van der Waals surface area contributed by atoms with Gasteiger partial charge in [0.15, 0.2) is 6.10 Å². The van der Waals surface area contributed by atoms with Crippen molar-refractivity contribution in [1.29, 1.82) is 0 Å². The van der Waals surface area contributed by atoms with Crippen molar-refractivity contribution >= 4 is 17.9 Å². The van der Waals surface area contributed by atoms with Gasteiger partial charge in [-0.05, 0) is 141 Å². The summed E-state index contributed by atoms with van der Waals surface area (Å²) in [6.07, 6.45) is 104. The van der Waals surface area contributed by atoms with E-state index in [9.17, 15) is 14.4 Å². The molecule has 0 saturated heterocycles. The molecule has 1 atom stereocenters. The van der Waals surface area contributed by atoms with Gasteiger partial charge in [0, 0.05) is 19.3 Å². The molecule has 0 aliphatic heterocycles. The Labute approximate surface area is 510 Å². The average molecular weight is 1140 g/mol. The second-order valence-corrected chi connectivity index (χ2v) is 21.3. The summed E-state index contributed by atoms with van der Waals surface area (Å²) in [6.45, 7) is 6.29. The first-order chi connectivity index (χ1) is 41.0. The maximum Gasteiger partial charge on any atom is 0.306 e. The lowest BCUT2D eigenvalue weighted by Gasteiger charge is -2.18. The van der Waals surface area contributed by atoms with Crippen molar-refractivity contribution < 1.29 is 28.6 Å². The number of carbonyl (C=O) groups is 3. The molecular formula is C77H120O6. The number of hydrogen-bond donors (Lipinski definition) is 0. The molecule has 1 unspecified atom stereocenters. The number of hydrogen-bond acceptors (Lipinski definition) is 6. The van der Waals surface area contributed by atoms with Gasteiger partial charge in [0.25, 0.3) is 0 Å². The van der Waals surface area contributed by atoms with Gasteiger partial charge in [-0.2, -0.15) is 0 Å². The van der Waals surface area contributed by atoms with Crippen LogP contribution in [-0.4, -0.2) is 37.2 Å². The molecule has 0 aromatic rings. The van der Waals surface area contributed by atoms with E-state index in [0.29, 0.717) is 19.3 Å². The second-order valence-electron chi connectivity index (χ2n) is 21.3. The van der Waals surface area contributed by atoms with Crippen LogP contribution in [0.15, 0.2) is 182 Å². The average Bonchev–Trinajstić information content (AvgIpc) is 3.49. The van der Waals surface area contributed by atoms with Crippen LogP contribution in [-0.2, 0) is 28.6 Å². The van der Waals surface area contributed by atoms with E-state index in [-0.39, 0.29) is 31.1 Å². The third kappa shape index (κ3) is 67.2. The molecule has 0 saturated carbocycles. The molecule has 0 N–H and O–H groups in total. The van der Waals surface area contributed by atoms with Crippen LogP contribution < -0.4 is 0 Å². The van der Waals surface area contributed by atoms with Gasteiger partial charge in [-0.1, -0.05) is 287 Å². The number of allylic oxidation sites excluding steroid dienone is 30. The van der Waals surface area contributed by atoms with Crippen LogP contribution in [0.25, 0.3) is 0 Å². The Bertz CT molecular complexity index is 1940. The SMILES string of the molecule is CC/C=C\C/C=C\C/C=C\C/C=C\C/C=C\C/C=C\C/C=C\C/C=C\C/C=C\CCCCCCCCCC(=O)OCC(COC(=O)CCCCCCC)OC(=O)CCCCCCCC/C=C\C/C=C\C/C=C\C/C=C\C/C=C\C/C=C\CC. The summed E-state index contributed by atoms with van der Waals surface area (Å²) in [5.41, 5.74) is 0. The minimum absolute atomic E-state index is 0.0957. The van der Waals surface area contributed by atoms with Gasteiger partial charge in [0.05, 0.1) is 0 Å². The number of esters is 3. The smallest absolute Gasteiger partial charge is 0.306 e. The summed E-state index contributed by atoms with van der Waals surface area (Å²) >= 11 is 0. The van der Waals surface area contributed by atoms with Crippen molar-refractivity contribution in [2.45, 2.75) is 271 Å². The van der Waals surface area contributed by atoms with Crippen LogP contribution in [0.5, 0.6) is 0 Å². The van der Waals surface area contributed by atoms with Crippen molar-refractivity contribution in [2.24, 2.45) is 0 Å². The first-order valence-electron chi connectivity index (χ1n) is 33.3. The summed E-state index contributed by atoms with van der Waals surface area (Å²) in [7, 11) is 0. The fourth-order valence-electron chi connectivity index (χ4n) is 8.50. The van der Waals surface area contributed by atoms with Gasteiger partial charge < -0.3 is 14.2 Å². The molecular weight excluding hydrogens is 1020 g/mol. The zero-order valence-corrected chi connectivity index (χ0v) is 53.1. The Hall–Kier alpha value is -5.49. The van der Waals surface area contributed by atoms with Gasteiger partial charge in [-0.15, -0.1) is 0 Å². The van der Waals surface area contributed by atoms with E-state index in [2.05, 4.69) is 203 Å². The Balaban J connectivity index is 4.14. The molecule has 0 aliphatic rings. The zero-order valence-electron chi connectivity index (χ0n) is 53.1. The Kier molecular flexibility index (Phi) is 64.4. The largest absolute Gasteiger partial charge is 0.462 e. The molecule has 6 nitrogen and oxygen atoms in total. The fraction of sp³-hybridized carbons (Fsp3) is 0.571. The van der Waals surface area contributed by atoms with Crippen LogP contribution >= 0.6 is 0 Å². The molecule has 6 heteroatoms. The molecule has 0 aliphatic carbocycles. The molecule has 0 fully saturated rings. The highest BCUT2D eigenvalue weighted by molar-refractivity contribution is 5.71. The zero-order chi connectivity index (χ0) is 59.9. The molecule has 0 rings (SSSR count). The minimum atomic E-state index is -0.797. The lowest BCUT2D eigenvalue weighted by molar-refractivity contribution is -0.167. The molecule has 464 valence electrons. The van der Waals surface area contributed by atoms with E-state index in [1.165, 1.54) is 38.5 Å². The Morgan fingerprint density at radius 2 is 0.470 bits per heavy atom. The van der Waals surface area contributed by atoms with E-state index < -0.39 is 6.10 Å². The maximum atomic E-state index is 12.8. The Morgan fingerprint density at radius 1 is 0.253 bits per heavy atom. The van der Waals surface area contributed by atoms with Crippen molar-refractivity contribution in [3.63, 3.8) is 0 Å². The van der Waals surface area contributed by atoms with E-state index in [1.807, 2.05) is 0 Å². The van der Waals surface area contributed by atoms with Gasteiger partial charge >= 0.3 is 17.9 Å². The summed E-state index contributed by atoms with van der Waals surface area (Å²) in [5, 5.41) is 0. The second kappa shape index (κ2) is 69.0. The topological polar surface area (TPSA) is 78.9 Å². The molecule has 0 bridgehead atoms. The van der Waals surface area contributed by atoms with Crippen molar-refractivity contribution in [2.75, 3.05) is 13.2 Å². The predicted molar refractivity (Wildman–Crippen MR) is 361 cm³/mol. The highest BCUT2D eigenvalue weighted by atomic mass is 16.6. The van der Waals surface area contributed by atoms with Gasteiger partial charge in [0.2, 0.25) is 0 Å². The van der Waals surface area contributed by atoms with E-state index in [4.69, 9.17) is 14.2 Å². The molecule has 83 heavy (non-hydrogen) atoms. The van der Waals surface area contributed by atoms with Crippen LogP contribution in [0.3, 0.4) is 0 Å². The molecule has 0 aromatic heterocycles. The summed E-state index contributed by atoms with van der Waals surface area (Å²) < 4.78 is 16.8. The van der Waals surface area contributed by atoms with Crippen molar-refractivity contribution in [3.8, 4) is 0 Å². The summed E-state index contributed by atoms with van der Waals surface area (Å²) in [4.78, 5) is 38.0. The quantitative estimate of drug-likeness (QED) is 0.0261. The van der Waals surface area contributed by atoms with E-state index in [1.54, 1.807) is 0 Å². The van der Waals surface area contributed by atoms with Crippen molar-refractivity contribution in [3.05, 3.63) is 182 Å².